The van der Waals surface area contributed by atoms with E-state index >= 15 is 0 Å². The Morgan fingerprint density at radius 2 is 2.12 bits per heavy atom. The molecule has 3 atom stereocenters. The van der Waals surface area contributed by atoms with Gasteiger partial charge in [-0.05, 0) is 13.8 Å². The molecule has 0 aromatic rings. The highest BCUT2D eigenvalue weighted by Gasteiger charge is 2.54. The number of esters is 1. The van der Waals surface area contributed by atoms with E-state index < -0.39 is 30.3 Å². The zero-order valence-corrected chi connectivity index (χ0v) is 9.39. The Morgan fingerprint density at radius 3 is 2.69 bits per heavy atom. The predicted molar refractivity (Wildman–Crippen MR) is 50.3 cm³/mol. The summed E-state index contributed by atoms with van der Waals surface area (Å²) in [4.78, 5) is 22.4. The van der Waals surface area contributed by atoms with E-state index in [-0.39, 0.29) is 12.4 Å². The highest BCUT2D eigenvalue weighted by molar-refractivity contribution is 5.90. The van der Waals surface area contributed by atoms with Gasteiger partial charge in [0.2, 0.25) is 0 Å². The minimum atomic E-state index is -0.808. The Labute approximate surface area is 92.8 Å². The fraction of sp³-hybridized carbons (Fsp3) is 0.800. The van der Waals surface area contributed by atoms with E-state index in [2.05, 4.69) is 0 Å². The van der Waals surface area contributed by atoms with Crippen LogP contribution in [0.15, 0.2) is 0 Å². The number of carbonyl (C=O) groups is 2. The molecule has 0 bridgehead atoms. The number of Topliss-reactive ketones (excluding diaryl/α,β-unsaturated/α-hetero) is 1. The molecule has 0 spiro atoms. The first-order valence-electron chi connectivity index (χ1n) is 5.07. The average Bonchev–Trinajstić information content (AvgIpc) is 2.58. The molecule has 0 aromatic heterocycles. The fourth-order valence-electron chi connectivity index (χ4n) is 1.75. The molecule has 2 heterocycles. The molecular formula is C10H14O6. The molecule has 2 aliphatic rings. The quantitative estimate of drug-likeness (QED) is 0.621. The second-order valence-electron chi connectivity index (χ2n) is 4.25. The minimum Gasteiger partial charge on any atom is -0.463 e. The van der Waals surface area contributed by atoms with E-state index in [1.165, 1.54) is 6.92 Å². The number of hydrogen-bond donors (Lipinski definition) is 0. The Balaban J connectivity index is 1.95. The largest absolute Gasteiger partial charge is 0.463 e. The molecule has 6 nitrogen and oxygen atoms in total. The molecule has 2 fully saturated rings. The van der Waals surface area contributed by atoms with E-state index in [0.717, 1.165) is 0 Å². The monoisotopic (exact) mass is 230 g/mol. The maximum absolute atomic E-state index is 11.8. The van der Waals surface area contributed by atoms with Crippen molar-refractivity contribution in [2.24, 2.45) is 0 Å². The van der Waals surface area contributed by atoms with E-state index in [1.54, 1.807) is 13.8 Å². The lowest BCUT2D eigenvalue weighted by atomic mass is 10.2. The Hall–Kier alpha value is -0.980. The first-order chi connectivity index (χ1) is 7.39. The van der Waals surface area contributed by atoms with E-state index in [9.17, 15) is 9.59 Å². The van der Waals surface area contributed by atoms with Crippen LogP contribution >= 0.6 is 0 Å². The normalized spacial score (nSPS) is 36.2. The van der Waals surface area contributed by atoms with Gasteiger partial charge in [-0.25, -0.2) is 0 Å². The van der Waals surface area contributed by atoms with Crippen LogP contribution in [0.3, 0.4) is 0 Å². The maximum Gasteiger partial charge on any atom is 0.302 e. The van der Waals surface area contributed by atoms with E-state index in [4.69, 9.17) is 18.9 Å². The van der Waals surface area contributed by atoms with Gasteiger partial charge in [-0.2, -0.15) is 0 Å². The summed E-state index contributed by atoms with van der Waals surface area (Å²) in [5.74, 6) is -1.50. The van der Waals surface area contributed by atoms with Gasteiger partial charge in [0, 0.05) is 6.92 Å². The van der Waals surface area contributed by atoms with Crippen LogP contribution in [0.25, 0.3) is 0 Å². The summed E-state index contributed by atoms with van der Waals surface area (Å²) in [6, 6.07) is 0. The molecule has 0 amide bonds. The zero-order valence-electron chi connectivity index (χ0n) is 9.39. The highest BCUT2D eigenvalue weighted by atomic mass is 16.8. The third kappa shape index (κ3) is 2.09. The van der Waals surface area contributed by atoms with Gasteiger partial charge in [0.25, 0.3) is 0 Å². The first-order valence-corrected chi connectivity index (χ1v) is 5.07. The molecule has 90 valence electrons. The summed E-state index contributed by atoms with van der Waals surface area (Å²) in [6.07, 6.45) is -2.19. The SMILES string of the molecule is CC(=O)OC[C@H]1OC2OC(C)(C)O[C@@H]2C1=O. The summed E-state index contributed by atoms with van der Waals surface area (Å²) in [5.41, 5.74) is 0. The van der Waals surface area contributed by atoms with Crippen LogP contribution < -0.4 is 0 Å². The van der Waals surface area contributed by atoms with Crippen LogP contribution in [-0.4, -0.2) is 42.6 Å². The number of fused-ring (bicyclic) bond motifs is 1. The van der Waals surface area contributed by atoms with E-state index in [1.807, 2.05) is 0 Å². The standard InChI is InChI=1S/C10H14O6/c1-5(11)13-4-6-7(12)8-9(14-6)16-10(2,3)15-8/h6,8-9H,4H2,1-3H3/t6-,8-,9?/m1/s1. The van der Waals surface area contributed by atoms with Gasteiger partial charge in [0.05, 0.1) is 0 Å². The van der Waals surface area contributed by atoms with Gasteiger partial charge in [-0.3, -0.25) is 9.59 Å². The lowest BCUT2D eigenvalue weighted by Crippen LogP contribution is -2.33. The van der Waals surface area contributed by atoms with Crippen molar-refractivity contribution in [1.82, 2.24) is 0 Å². The van der Waals surface area contributed by atoms with Gasteiger partial charge in [0.15, 0.2) is 30.1 Å². The number of rotatable bonds is 2. The maximum atomic E-state index is 11.8. The first kappa shape index (κ1) is 11.5. The van der Waals surface area contributed by atoms with Crippen molar-refractivity contribution < 1.29 is 28.5 Å². The minimum absolute atomic E-state index is 0.0890. The summed E-state index contributed by atoms with van der Waals surface area (Å²) in [7, 11) is 0. The summed E-state index contributed by atoms with van der Waals surface area (Å²) in [5, 5.41) is 0. The van der Waals surface area contributed by atoms with Crippen LogP contribution in [0.1, 0.15) is 20.8 Å². The average molecular weight is 230 g/mol. The highest BCUT2D eigenvalue weighted by Crippen LogP contribution is 2.35. The molecule has 0 aliphatic carbocycles. The Kier molecular flexibility index (Phi) is 2.73. The van der Waals surface area contributed by atoms with Crippen molar-refractivity contribution in [3.63, 3.8) is 0 Å². The van der Waals surface area contributed by atoms with Crippen LogP contribution in [-0.2, 0) is 28.5 Å². The number of ether oxygens (including phenoxy) is 4. The van der Waals surface area contributed by atoms with Gasteiger partial charge < -0.3 is 18.9 Å². The molecule has 6 heteroatoms. The number of ketones is 1. The van der Waals surface area contributed by atoms with Crippen molar-refractivity contribution in [3.8, 4) is 0 Å². The lowest BCUT2D eigenvalue weighted by Gasteiger charge is -2.19. The molecule has 0 aromatic carbocycles. The molecule has 16 heavy (non-hydrogen) atoms. The Bertz CT molecular complexity index is 323. The van der Waals surface area contributed by atoms with Gasteiger partial charge in [-0.1, -0.05) is 0 Å². The summed E-state index contributed by atoms with van der Waals surface area (Å²) < 4.78 is 20.8. The van der Waals surface area contributed by atoms with Crippen molar-refractivity contribution >= 4 is 11.8 Å². The second-order valence-corrected chi connectivity index (χ2v) is 4.25. The van der Waals surface area contributed by atoms with Crippen LogP contribution in [0.2, 0.25) is 0 Å². The molecule has 2 rings (SSSR count). The van der Waals surface area contributed by atoms with Crippen molar-refractivity contribution in [2.75, 3.05) is 6.61 Å². The number of hydrogen-bond acceptors (Lipinski definition) is 6. The van der Waals surface area contributed by atoms with Gasteiger partial charge in [0.1, 0.15) is 6.61 Å². The molecule has 0 saturated carbocycles. The molecule has 0 radical (unpaired) electrons. The zero-order chi connectivity index (χ0) is 11.9. The summed E-state index contributed by atoms with van der Waals surface area (Å²) >= 11 is 0. The van der Waals surface area contributed by atoms with Crippen LogP contribution in [0.4, 0.5) is 0 Å². The topological polar surface area (TPSA) is 71.1 Å². The fourth-order valence-corrected chi connectivity index (χ4v) is 1.75. The molecule has 0 N–H and O–H groups in total. The van der Waals surface area contributed by atoms with Crippen LogP contribution in [0, 0.1) is 0 Å². The molecular weight excluding hydrogens is 216 g/mol. The smallest absolute Gasteiger partial charge is 0.302 e. The van der Waals surface area contributed by atoms with Gasteiger partial charge >= 0.3 is 5.97 Å². The lowest BCUT2D eigenvalue weighted by molar-refractivity contribution is -0.209. The predicted octanol–water partition coefficient (Wildman–Crippen LogP) is -0.00500. The van der Waals surface area contributed by atoms with E-state index in [0.29, 0.717) is 0 Å². The third-order valence-electron chi connectivity index (χ3n) is 2.39. The third-order valence-corrected chi connectivity index (χ3v) is 2.39. The number of carbonyl (C=O) groups excluding carboxylic acids is 2. The van der Waals surface area contributed by atoms with Crippen LogP contribution in [0.5, 0.6) is 0 Å². The Morgan fingerprint density at radius 1 is 1.44 bits per heavy atom. The molecule has 2 saturated heterocycles. The molecule has 2 aliphatic heterocycles. The second kappa shape index (κ2) is 3.80. The van der Waals surface area contributed by atoms with Crippen molar-refractivity contribution in [2.45, 2.75) is 45.1 Å². The summed E-state index contributed by atoms with van der Waals surface area (Å²) in [6.45, 7) is 4.61. The van der Waals surface area contributed by atoms with Crippen molar-refractivity contribution in [1.29, 1.82) is 0 Å². The molecule has 1 unspecified atom stereocenters. The van der Waals surface area contributed by atoms with Gasteiger partial charge in [-0.15, -0.1) is 0 Å². The van der Waals surface area contributed by atoms with Crippen molar-refractivity contribution in [3.05, 3.63) is 0 Å².